The Morgan fingerprint density at radius 2 is 1.92 bits per heavy atom. The third-order valence-corrected chi connectivity index (χ3v) is 5.03. The van der Waals surface area contributed by atoms with Gasteiger partial charge in [0, 0.05) is 6.42 Å². The molecule has 4 nitrogen and oxygen atoms in total. The van der Waals surface area contributed by atoms with Crippen LogP contribution in [-0.2, 0) is 9.47 Å². The van der Waals surface area contributed by atoms with Crippen LogP contribution in [0, 0.1) is 0 Å². The lowest BCUT2D eigenvalue weighted by Gasteiger charge is -2.20. The van der Waals surface area contributed by atoms with Crippen LogP contribution in [0.2, 0.25) is 0 Å². The molecule has 2 rings (SSSR count). The summed E-state index contributed by atoms with van der Waals surface area (Å²) in [6.07, 6.45) is 10.9. The number of epoxide rings is 1. The SMILES string of the molecule is CC1=CO[C@@]2(C/C=C(\C)CC/C=C(\C)CCCC(C)(C)O)O[C@H]2[C@@H]1O. The first-order valence-corrected chi connectivity index (χ1v) is 9.37. The van der Waals surface area contributed by atoms with Gasteiger partial charge < -0.3 is 19.7 Å². The predicted octanol–water partition coefficient (Wildman–Crippen LogP) is 4.38. The molecule has 2 heterocycles. The second-order valence-corrected chi connectivity index (χ2v) is 8.28. The molecule has 0 saturated carbocycles. The zero-order chi connectivity index (χ0) is 18.7. The molecule has 25 heavy (non-hydrogen) atoms. The fourth-order valence-corrected chi connectivity index (χ4v) is 3.16. The van der Waals surface area contributed by atoms with Gasteiger partial charge in [0.15, 0.2) is 6.10 Å². The van der Waals surface area contributed by atoms with Crippen molar-refractivity contribution in [2.24, 2.45) is 0 Å². The summed E-state index contributed by atoms with van der Waals surface area (Å²) in [5, 5.41) is 19.8. The Hall–Kier alpha value is -1.10. The highest BCUT2D eigenvalue weighted by Gasteiger charge is 2.63. The van der Waals surface area contributed by atoms with Gasteiger partial charge in [0.05, 0.1) is 11.9 Å². The number of hydrogen-bond acceptors (Lipinski definition) is 4. The van der Waals surface area contributed by atoms with Crippen LogP contribution < -0.4 is 0 Å². The van der Waals surface area contributed by atoms with Crippen LogP contribution in [0.5, 0.6) is 0 Å². The Balaban J connectivity index is 1.69. The van der Waals surface area contributed by atoms with Crippen molar-refractivity contribution in [3.05, 3.63) is 35.1 Å². The molecule has 0 aliphatic carbocycles. The second-order valence-electron chi connectivity index (χ2n) is 8.28. The standard InChI is InChI=1S/C21H34O4/c1-15(10-7-12-20(4,5)23)8-6-9-16(2)11-13-21-19(25-21)18(22)17(3)14-24-21/h8,11,14,18-19,22-23H,6-7,9-10,12-13H2,1-5H3/b15-8+,16-11+/t18-,19+,21+/m1/s1. The van der Waals surface area contributed by atoms with Gasteiger partial charge in [0.1, 0.15) is 6.10 Å². The van der Waals surface area contributed by atoms with Gasteiger partial charge in [-0.15, -0.1) is 0 Å². The van der Waals surface area contributed by atoms with Gasteiger partial charge in [-0.25, -0.2) is 0 Å². The summed E-state index contributed by atoms with van der Waals surface area (Å²) < 4.78 is 11.3. The lowest BCUT2D eigenvalue weighted by molar-refractivity contribution is 0.0151. The lowest BCUT2D eigenvalue weighted by atomic mass is 9.98. The van der Waals surface area contributed by atoms with Crippen molar-refractivity contribution < 1.29 is 19.7 Å². The molecule has 2 aliphatic rings. The molecule has 0 aromatic carbocycles. The van der Waals surface area contributed by atoms with Crippen molar-refractivity contribution in [2.45, 2.75) is 96.7 Å². The van der Waals surface area contributed by atoms with E-state index in [1.807, 2.05) is 20.8 Å². The normalized spacial score (nSPS) is 29.8. The molecule has 0 unspecified atom stereocenters. The molecule has 0 bridgehead atoms. The second kappa shape index (κ2) is 8.07. The smallest absolute Gasteiger partial charge is 0.243 e. The van der Waals surface area contributed by atoms with Crippen molar-refractivity contribution in [1.29, 1.82) is 0 Å². The van der Waals surface area contributed by atoms with Gasteiger partial charge in [0.25, 0.3) is 0 Å². The van der Waals surface area contributed by atoms with Crippen LogP contribution in [0.1, 0.15) is 73.1 Å². The van der Waals surface area contributed by atoms with E-state index in [-0.39, 0.29) is 6.10 Å². The van der Waals surface area contributed by atoms with E-state index in [2.05, 4.69) is 26.0 Å². The average Bonchev–Trinajstić information content (AvgIpc) is 3.24. The summed E-state index contributed by atoms with van der Waals surface area (Å²) in [4.78, 5) is 0. The zero-order valence-electron chi connectivity index (χ0n) is 16.3. The van der Waals surface area contributed by atoms with Crippen LogP contribution in [0.4, 0.5) is 0 Å². The quantitative estimate of drug-likeness (QED) is 0.478. The molecule has 4 heteroatoms. The van der Waals surface area contributed by atoms with E-state index in [0.29, 0.717) is 6.42 Å². The summed E-state index contributed by atoms with van der Waals surface area (Å²) in [5.74, 6) is -0.636. The van der Waals surface area contributed by atoms with E-state index in [1.165, 1.54) is 11.1 Å². The van der Waals surface area contributed by atoms with Crippen LogP contribution in [0.3, 0.4) is 0 Å². The Morgan fingerprint density at radius 3 is 2.60 bits per heavy atom. The lowest BCUT2D eigenvalue weighted by Crippen LogP contribution is -2.30. The molecule has 1 fully saturated rings. The minimum atomic E-state index is -0.636. The van der Waals surface area contributed by atoms with Gasteiger partial charge in [-0.1, -0.05) is 23.3 Å². The maximum atomic E-state index is 10.0. The third-order valence-electron chi connectivity index (χ3n) is 5.03. The minimum absolute atomic E-state index is 0.223. The Bertz CT molecular complexity index is 553. The monoisotopic (exact) mass is 350 g/mol. The van der Waals surface area contributed by atoms with Crippen molar-refractivity contribution in [1.82, 2.24) is 0 Å². The number of fused-ring (bicyclic) bond motifs is 1. The third kappa shape index (κ3) is 5.98. The highest BCUT2D eigenvalue weighted by atomic mass is 16.8. The van der Waals surface area contributed by atoms with Gasteiger partial charge in [-0.2, -0.15) is 0 Å². The maximum Gasteiger partial charge on any atom is 0.243 e. The van der Waals surface area contributed by atoms with E-state index in [9.17, 15) is 10.2 Å². The molecular weight excluding hydrogens is 316 g/mol. The van der Waals surface area contributed by atoms with Crippen molar-refractivity contribution in [2.75, 3.05) is 0 Å². The molecule has 0 aromatic heterocycles. The van der Waals surface area contributed by atoms with E-state index >= 15 is 0 Å². The zero-order valence-corrected chi connectivity index (χ0v) is 16.3. The fourth-order valence-electron chi connectivity index (χ4n) is 3.16. The minimum Gasteiger partial charge on any atom is -0.467 e. The Morgan fingerprint density at radius 1 is 1.24 bits per heavy atom. The molecule has 3 atom stereocenters. The van der Waals surface area contributed by atoms with Crippen LogP contribution in [0.25, 0.3) is 0 Å². The van der Waals surface area contributed by atoms with Gasteiger partial charge >= 0.3 is 0 Å². The largest absolute Gasteiger partial charge is 0.467 e. The van der Waals surface area contributed by atoms with E-state index in [4.69, 9.17) is 9.47 Å². The van der Waals surface area contributed by atoms with Gasteiger partial charge in [-0.05, 0) is 72.3 Å². The highest BCUT2D eigenvalue weighted by Crippen LogP contribution is 2.48. The number of ether oxygens (including phenoxy) is 2. The first-order chi connectivity index (χ1) is 11.6. The number of allylic oxidation sites excluding steroid dienone is 3. The highest BCUT2D eigenvalue weighted by molar-refractivity contribution is 5.20. The first kappa shape index (κ1) is 20.2. The van der Waals surface area contributed by atoms with Crippen molar-refractivity contribution in [3.63, 3.8) is 0 Å². The molecule has 0 spiro atoms. The van der Waals surface area contributed by atoms with Crippen LogP contribution >= 0.6 is 0 Å². The molecule has 0 radical (unpaired) electrons. The first-order valence-electron chi connectivity index (χ1n) is 9.37. The van der Waals surface area contributed by atoms with E-state index in [1.54, 1.807) is 6.26 Å². The summed E-state index contributed by atoms with van der Waals surface area (Å²) in [6.45, 7) is 9.87. The van der Waals surface area contributed by atoms with Crippen molar-refractivity contribution in [3.8, 4) is 0 Å². The number of aliphatic hydroxyl groups excluding tert-OH is 1. The van der Waals surface area contributed by atoms with E-state index < -0.39 is 17.5 Å². The average molecular weight is 350 g/mol. The Labute approximate surface area is 152 Å². The number of aliphatic hydroxyl groups is 2. The predicted molar refractivity (Wildman–Crippen MR) is 100.0 cm³/mol. The Kier molecular flexibility index (Phi) is 6.52. The van der Waals surface area contributed by atoms with Crippen LogP contribution in [-0.4, -0.2) is 33.8 Å². The molecular formula is C21H34O4. The van der Waals surface area contributed by atoms with Gasteiger partial charge in [-0.3, -0.25) is 0 Å². The molecule has 142 valence electrons. The van der Waals surface area contributed by atoms with Gasteiger partial charge in [0.2, 0.25) is 5.79 Å². The summed E-state index contributed by atoms with van der Waals surface area (Å²) >= 11 is 0. The molecule has 0 aromatic rings. The molecule has 2 N–H and O–H groups in total. The molecule has 0 amide bonds. The number of rotatable bonds is 9. The molecule has 2 aliphatic heterocycles. The summed E-state index contributed by atoms with van der Waals surface area (Å²) in [6, 6.07) is 0. The van der Waals surface area contributed by atoms with Crippen LogP contribution in [0.15, 0.2) is 35.1 Å². The van der Waals surface area contributed by atoms with E-state index in [0.717, 1.165) is 37.7 Å². The fraction of sp³-hybridized carbons (Fsp3) is 0.714. The summed E-state index contributed by atoms with van der Waals surface area (Å²) in [7, 11) is 0. The molecule has 1 saturated heterocycles. The topological polar surface area (TPSA) is 62.2 Å². The number of hydrogen-bond donors (Lipinski definition) is 2. The summed E-state index contributed by atoms with van der Waals surface area (Å²) in [5.41, 5.74) is 2.96. The maximum absolute atomic E-state index is 10.0. The van der Waals surface area contributed by atoms with Crippen molar-refractivity contribution >= 4 is 0 Å².